The Morgan fingerprint density at radius 3 is 2.35 bits per heavy atom. The summed E-state index contributed by atoms with van der Waals surface area (Å²) in [4.78, 5) is 22.8. The predicted molar refractivity (Wildman–Crippen MR) is 94.3 cm³/mol. The Hall–Kier alpha value is -3.07. The van der Waals surface area contributed by atoms with Gasteiger partial charge >= 0.3 is 5.97 Å². The van der Waals surface area contributed by atoms with Crippen molar-refractivity contribution in [2.45, 2.75) is 17.9 Å². The number of hydrogen-bond acceptors (Lipinski definition) is 6. The number of anilines is 1. The molecule has 0 radical (unpaired) electrons. The zero-order valence-electron chi connectivity index (χ0n) is 14.1. The molecular formula is C17H18N2O6S. The molecule has 0 saturated heterocycles. The van der Waals surface area contributed by atoms with Crippen LogP contribution in [0.4, 0.5) is 5.69 Å². The van der Waals surface area contributed by atoms with Crippen molar-refractivity contribution in [3.05, 3.63) is 54.1 Å². The summed E-state index contributed by atoms with van der Waals surface area (Å²) in [7, 11) is -2.42. The highest BCUT2D eigenvalue weighted by atomic mass is 32.2. The summed E-state index contributed by atoms with van der Waals surface area (Å²) in [6, 6.07) is 11.6. The van der Waals surface area contributed by atoms with Gasteiger partial charge in [0.2, 0.25) is 0 Å². The zero-order chi connectivity index (χ0) is 19.3. The summed E-state index contributed by atoms with van der Waals surface area (Å²) < 4.78 is 37.3. The molecule has 0 heterocycles. The molecule has 2 rings (SSSR count). The van der Waals surface area contributed by atoms with Crippen molar-refractivity contribution in [2.24, 2.45) is 5.73 Å². The molecule has 0 aliphatic rings. The van der Waals surface area contributed by atoms with Gasteiger partial charge in [-0.3, -0.25) is 9.52 Å². The second-order valence-electron chi connectivity index (χ2n) is 5.31. The third-order valence-corrected chi connectivity index (χ3v) is 4.79. The van der Waals surface area contributed by atoms with E-state index in [2.05, 4.69) is 4.72 Å². The van der Waals surface area contributed by atoms with Gasteiger partial charge in [-0.25, -0.2) is 13.2 Å². The van der Waals surface area contributed by atoms with Crippen molar-refractivity contribution in [3.8, 4) is 5.75 Å². The predicted octanol–water partition coefficient (Wildman–Crippen LogP) is 1.53. The molecule has 1 atom stereocenters. The van der Waals surface area contributed by atoms with Crippen molar-refractivity contribution in [2.75, 3.05) is 11.8 Å². The smallest absolute Gasteiger partial charge is 0.338 e. The molecule has 0 bridgehead atoms. The summed E-state index contributed by atoms with van der Waals surface area (Å²) in [6.07, 6.45) is -1.12. The Balaban J connectivity index is 2.21. The molecule has 0 fully saturated rings. The summed E-state index contributed by atoms with van der Waals surface area (Å²) in [5, 5.41) is 0. The molecule has 3 N–H and O–H groups in total. The molecule has 0 saturated carbocycles. The van der Waals surface area contributed by atoms with Crippen molar-refractivity contribution in [3.63, 3.8) is 0 Å². The minimum absolute atomic E-state index is 0.0179. The van der Waals surface area contributed by atoms with Gasteiger partial charge in [-0.15, -0.1) is 0 Å². The number of amides is 1. The van der Waals surface area contributed by atoms with Crippen LogP contribution in [0.25, 0.3) is 0 Å². The molecule has 2 aromatic carbocycles. The van der Waals surface area contributed by atoms with Crippen molar-refractivity contribution >= 4 is 27.6 Å². The summed E-state index contributed by atoms with van der Waals surface area (Å²) in [5.41, 5.74) is 5.35. The van der Waals surface area contributed by atoms with Crippen molar-refractivity contribution in [1.29, 1.82) is 0 Å². The van der Waals surface area contributed by atoms with Gasteiger partial charge in [0.1, 0.15) is 5.75 Å². The number of sulfonamides is 1. The van der Waals surface area contributed by atoms with Gasteiger partial charge in [0.25, 0.3) is 15.9 Å². The van der Waals surface area contributed by atoms with Crippen LogP contribution in [0.1, 0.15) is 17.3 Å². The average molecular weight is 378 g/mol. The van der Waals surface area contributed by atoms with Crippen molar-refractivity contribution < 1.29 is 27.5 Å². The van der Waals surface area contributed by atoms with E-state index in [9.17, 15) is 18.0 Å². The average Bonchev–Trinajstić information content (AvgIpc) is 2.62. The van der Waals surface area contributed by atoms with Gasteiger partial charge < -0.3 is 15.2 Å². The number of esters is 1. The molecule has 2 aromatic rings. The lowest BCUT2D eigenvalue weighted by Crippen LogP contribution is -2.30. The Bertz CT molecular complexity index is 909. The number of ether oxygens (including phenoxy) is 2. The van der Waals surface area contributed by atoms with Gasteiger partial charge in [0.05, 0.1) is 17.6 Å². The molecule has 9 heteroatoms. The monoisotopic (exact) mass is 378 g/mol. The van der Waals surface area contributed by atoms with E-state index in [-0.39, 0.29) is 10.5 Å². The molecule has 8 nitrogen and oxygen atoms in total. The molecule has 0 spiro atoms. The quantitative estimate of drug-likeness (QED) is 0.704. The number of hydrogen-bond donors (Lipinski definition) is 2. The van der Waals surface area contributed by atoms with Crippen molar-refractivity contribution in [1.82, 2.24) is 0 Å². The van der Waals surface area contributed by atoms with E-state index in [0.717, 1.165) is 6.07 Å². The number of methoxy groups -OCH3 is 1. The lowest BCUT2D eigenvalue weighted by atomic mass is 10.2. The van der Waals surface area contributed by atoms with Crippen LogP contribution in [0.2, 0.25) is 0 Å². The number of nitrogens with one attached hydrogen (secondary N) is 1. The van der Waals surface area contributed by atoms with Crippen LogP contribution < -0.4 is 15.2 Å². The van der Waals surface area contributed by atoms with Gasteiger partial charge in [-0.05, 0) is 49.4 Å². The molecule has 26 heavy (non-hydrogen) atoms. The first-order chi connectivity index (χ1) is 12.2. The first-order valence-corrected chi connectivity index (χ1v) is 8.98. The Morgan fingerprint density at radius 1 is 1.12 bits per heavy atom. The fourth-order valence-electron chi connectivity index (χ4n) is 1.95. The highest BCUT2D eigenvalue weighted by Gasteiger charge is 2.20. The van der Waals surface area contributed by atoms with Crippen LogP contribution in [0.3, 0.4) is 0 Å². The van der Waals surface area contributed by atoms with Gasteiger partial charge in [0.15, 0.2) is 6.10 Å². The van der Waals surface area contributed by atoms with Crippen LogP contribution in [0.5, 0.6) is 5.75 Å². The fourth-order valence-corrected chi connectivity index (χ4v) is 3.05. The van der Waals surface area contributed by atoms with E-state index in [1.54, 1.807) is 24.3 Å². The van der Waals surface area contributed by atoms with Gasteiger partial charge in [-0.2, -0.15) is 0 Å². The third kappa shape index (κ3) is 4.73. The van der Waals surface area contributed by atoms with Gasteiger partial charge in [-0.1, -0.05) is 6.07 Å². The van der Waals surface area contributed by atoms with Gasteiger partial charge in [0, 0.05) is 5.69 Å². The van der Waals surface area contributed by atoms with Crippen LogP contribution >= 0.6 is 0 Å². The zero-order valence-corrected chi connectivity index (χ0v) is 14.9. The molecule has 0 aliphatic heterocycles. The minimum atomic E-state index is -3.92. The fraction of sp³-hybridized carbons (Fsp3) is 0.176. The first kappa shape index (κ1) is 19.3. The maximum absolute atomic E-state index is 12.5. The first-order valence-electron chi connectivity index (χ1n) is 7.50. The SMILES string of the molecule is COc1ccc(NS(=O)(=O)c2cccc(C(=O)O[C@@H](C)C(N)=O)c2)cc1. The molecular weight excluding hydrogens is 360 g/mol. The van der Waals surface area contributed by atoms with E-state index in [0.29, 0.717) is 11.4 Å². The van der Waals surface area contributed by atoms with E-state index in [1.807, 2.05) is 0 Å². The van der Waals surface area contributed by atoms with E-state index < -0.39 is 28.0 Å². The molecule has 138 valence electrons. The maximum atomic E-state index is 12.5. The Morgan fingerprint density at radius 2 is 1.77 bits per heavy atom. The Kier molecular flexibility index (Phi) is 5.83. The number of carbonyl (C=O) groups excluding carboxylic acids is 2. The highest BCUT2D eigenvalue weighted by molar-refractivity contribution is 7.92. The molecule has 0 aromatic heterocycles. The highest BCUT2D eigenvalue weighted by Crippen LogP contribution is 2.20. The van der Waals surface area contributed by atoms with Crippen LogP contribution in [-0.4, -0.2) is 33.5 Å². The van der Waals surface area contributed by atoms with E-state index in [4.69, 9.17) is 15.2 Å². The second-order valence-corrected chi connectivity index (χ2v) is 6.99. The maximum Gasteiger partial charge on any atom is 0.338 e. The molecule has 0 aliphatic carbocycles. The summed E-state index contributed by atoms with van der Waals surface area (Å²) in [6.45, 7) is 1.33. The lowest BCUT2D eigenvalue weighted by molar-refractivity contribution is -0.125. The van der Waals surface area contributed by atoms with E-state index in [1.165, 1.54) is 32.2 Å². The second kappa shape index (κ2) is 7.87. The molecule has 0 unspecified atom stereocenters. The summed E-state index contributed by atoms with van der Waals surface area (Å²) in [5.74, 6) is -1.07. The topological polar surface area (TPSA) is 125 Å². The third-order valence-electron chi connectivity index (χ3n) is 3.41. The standard InChI is InChI=1S/C17H18N2O6S/c1-11(16(18)20)25-17(21)12-4-3-5-15(10-12)26(22,23)19-13-6-8-14(24-2)9-7-13/h3-11,19H,1-2H3,(H2,18,20)/t11-/m0/s1. The number of nitrogens with two attached hydrogens (primary N) is 1. The van der Waals surface area contributed by atoms with Crippen LogP contribution in [0, 0.1) is 0 Å². The molecule has 1 amide bonds. The number of rotatable bonds is 7. The Labute approximate surface area is 151 Å². The number of carbonyl (C=O) groups is 2. The minimum Gasteiger partial charge on any atom is -0.497 e. The largest absolute Gasteiger partial charge is 0.497 e. The van der Waals surface area contributed by atoms with Crippen LogP contribution in [0.15, 0.2) is 53.4 Å². The van der Waals surface area contributed by atoms with Crippen LogP contribution in [-0.2, 0) is 19.6 Å². The normalized spacial score (nSPS) is 12.1. The summed E-state index contributed by atoms with van der Waals surface area (Å²) >= 11 is 0. The van der Waals surface area contributed by atoms with E-state index >= 15 is 0 Å². The number of benzene rings is 2. The number of primary amides is 1. The lowest BCUT2D eigenvalue weighted by Gasteiger charge is -2.11.